The summed E-state index contributed by atoms with van der Waals surface area (Å²) >= 11 is 0. The number of rotatable bonds is 3. The number of aliphatic hydroxyl groups is 3. The molecule has 0 atom stereocenters. The quantitative estimate of drug-likeness (QED) is 0.673. The molecule has 0 aliphatic carbocycles. The Morgan fingerprint density at radius 2 is 1.76 bits per heavy atom. The van der Waals surface area contributed by atoms with Crippen molar-refractivity contribution in [3.63, 3.8) is 0 Å². The number of nitrogens with one attached hydrogen (secondary N) is 1. The molecule has 0 heterocycles. The fourth-order valence-electron chi connectivity index (χ4n) is 1.49. The molecule has 114 valence electrons. The van der Waals surface area contributed by atoms with Crippen LogP contribution in [-0.2, 0) is 0 Å². The summed E-state index contributed by atoms with van der Waals surface area (Å²) in [5.74, 6) is 0.576. The van der Waals surface area contributed by atoms with Crippen molar-refractivity contribution in [2.45, 2.75) is 6.10 Å². The van der Waals surface area contributed by atoms with Gasteiger partial charge in [-0.25, -0.2) is 4.79 Å². The lowest BCUT2D eigenvalue weighted by molar-refractivity contribution is 0.0450. The fourth-order valence-corrected chi connectivity index (χ4v) is 1.49. The highest BCUT2D eigenvalue weighted by Gasteiger charge is 2.04. The lowest BCUT2D eigenvalue weighted by atomic mass is 10.1. The molecule has 1 amide bonds. The zero-order chi connectivity index (χ0) is 15.7. The molecule has 0 aliphatic heterocycles. The van der Waals surface area contributed by atoms with E-state index in [9.17, 15) is 4.79 Å². The summed E-state index contributed by atoms with van der Waals surface area (Å²) in [5, 5.41) is 28.4. The normalized spacial score (nSPS) is 9.95. The molecule has 2 rings (SSSR count). The average molecular weight is 293 g/mol. The van der Waals surface area contributed by atoms with Crippen LogP contribution in [-0.4, -0.2) is 47.8 Å². The highest BCUT2D eigenvalue weighted by molar-refractivity contribution is 5.90. The van der Waals surface area contributed by atoms with E-state index in [1.54, 1.807) is 6.07 Å². The van der Waals surface area contributed by atoms with Crippen LogP contribution < -0.4 is 10.1 Å². The lowest BCUT2D eigenvalue weighted by Crippen LogP contribution is -2.22. The van der Waals surface area contributed by atoms with Gasteiger partial charge in [0, 0.05) is 12.4 Å². The van der Waals surface area contributed by atoms with Gasteiger partial charge < -0.3 is 25.4 Å². The first-order valence-electron chi connectivity index (χ1n) is 6.39. The van der Waals surface area contributed by atoms with E-state index < -0.39 is 12.2 Å². The maximum atomic E-state index is 11.1. The largest absolute Gasteiger partial charge is 0.412 e. The Morgan fingerprint density at radius 1 is 1.14 bits per heavy atom. The van der Waals surface area contributed by atoms with Crippen LogP contribution in [0.4, 0.5) is 4.79 Å². The first-order chi connectivity index (χ1) is 10.1. The smallest absolute Gasteiger partial charge is 0.410 e. The molecule has 6 heteroatoms. The van der Waals surface area contributed by atoms with Crippen molar-refractivity contribution in [1.29, 1.82) is 0 Å². The Bertz CT molecular complexity index is 563. The Balaban J connectivity index is 0.000000315. The predicted octanol–water partition coefficient (Wildman–Crippen LogP) is 0.890. The topological polar surface area (TPSA) is 99.0 Å². The van der Waals surface area contributed by atoms with E-state index in [2.05, 4.69) is 5.32 Å². The number of carbonyl (C=O) groups is 1. The van der Waals surface area contributed by atoms with Crippen LogP contribution >= 0.6 is 0 Å². The van der Waals surface area contributed by atoms with E-state index >= 15 is 0 Å². The third-order valence-corrected chi connectivity index (χ3v) is 2.58. The van der Waals surface area contributed by atoms with Crippen LogP contribution in [0.1, 0.15) is 0 Å². The zero-order valence-corrected chi connectivity index (χ0v) is 11.7. The second kappa shape index (κ2) is 8.91. The molecular formula is C15H19NO5. The number of hydrogen-bond acceptors (Lipinski definition) is 5. The van der Waals surface area contributed by atoms with Gasteiger partial charge in [0.1, 0.15) is 11.9 Å². The summed E-state index contributed by atoms with van der Waals surface area (Å²) in [6, 6.07) is 13.4. The summed E-state index contributed by atoms with van der Waals surface area (Å²) < 4.78 is 5.13. The van der Waals surface area contributed by atoms with Crippen molar-refractivity contribution in [1.82, 2.24) is 5.32 Å². The molecule has 0 unspecified atom stereocenters. The van der Waals surface area contributed by atoms with Crippen LogP contribution in [0, 0.1) is 0 Å². The molecule has 0 spiro atoms. The zero-order valence-electron chi connectivity index (χ0n) is 11.7. The van der Waals surface area contributed by atoms with Gasteiger partial charge >= 0.3 is 6.09 Å². The molecule has 2 aromatic rings. The predicted molar refractivity (Wildman–Crippen MR) is 79.2 cm³/mol. The van der Waals surface area contributed by atoms with Gasteiger partial charge in [0.05, 0.1) is 13.2 Å². The number of amides is 1. The van der Waals surface area contributed by atoms with Crippen molar-refractivity contribution >= 4 is 16.9 Å². The minimum atomic E-state index is -0.954. The van der Waals surface area contributed by atoms with Crippen LogP contribution in [0.5, 0.6) is 5.75 Å². The maximum Gasteiger partial charge on any atom is 0.412 e. The highest BCUT2D eigenvalue weighted by atomic mass is 16.6. The van der Waals surface area contributed by atoms with E-state index in [1.165, 1.54) is 7.05 Å². The highest BCUT2D eigenvalue weighted by Crippen LogP contribution is 2.24. The van der Waals surface area contributed by atoms with E-state index in [1.807, 2.05) is 36.4 Å². The Labute approximate surface area is 122 Å². The molecule has 6 nitrogen and oxygen atoms in total. The SMILES string of the molecule is CNC(=O)Oc1cccc2ccccc12.OCC(O)CO. The number of aliphatic hydroxyl groups excluding tert-OH is 3. The van der Waals surface area contributed by atoms with Gasteiger partial charge in [-0.3, -0.25) is 0 Å². The van der Waals surface area contributed by atoms with Gasteiger partial charge in [-0.05, 0) is 11.5 Å². The molecule has 0 radical (unpaired) electrons. The lowest BCUT2D eigenvalue weighted by Gasteiger charge is -2.06. The van der Waals surface area contributed by atoms with E-state index in [0.717, 1.165) is 10.8 Å². The van der Waals surface area contributed by atoms with Gasteiger partial charge in [0.2, 0.25) is 0 Å². The third kappa shape index (κ3) is 5.39. The molecule has 0 saturated carbocycles. The van der Waals surface area contributed by atoms with Crippen molar-refractivity contribution in [3.8, 4) is 5.75 Å². The average Bonchev–Trinajstić information content (AvgIpc) is 2.54. The fraction of sp³-hybridized carbons (Fsp3) is 0.267. The maximum absolute atomic E-state index is 11.1. The van der Waals surface area contributed by atoms with Crippen molar-refractivity contribution < 1.29 is 24.9 Å². The van der Waals surface area contributed by atoms with Gasteiger partial charge in [0.15, 0.2) is 0 Å². The summed E-state index contributed by atoms with van der Waals surface area (Å²) in [6.45, 7) is -0.729. The number of ether oxygens (including phenoxy) is 1. The number of carbonyl (C=O) groups excluding carboxylic acids is 1. The first kappa shape index (κ1) is 16.9. The van der Waals surface area contributed by atoms with Crippen molar-refractivity contribution in [2.24, 2.45) is 0 Å². The Hall–Kier alpha value is -2.15. The van der Waals surface area contributed by atoms with Gasteiger partial charge in [-0.2, -0.15) is 0 Å². The summed E-state index contributed by atoms with van der Waals surface area (Å²) in [7, 11) is 1.54. The van der Waals surface area contributed by atoms with Gasteiger partial charge in [-0.15, -0.1) is 0 Å². The summed E-state index contributed by atoms with van der Waals surface area (Å²) in [5.41, 5.74) is 0. The molecule has 0 bridgehead atoms. The minimum Gasteiger partial charge on any atom is -0.410 e. The van der Waals surface area contributed by atoms with Gasteiger partial charge in [-0.1, -0.05) is 36.4 Å². The molecule has 0 aromatic heterocycles. The first-order valence-corrected chi connectivity index (χ1v) is 6.39. The second-order valence-electron chi connectivity index (χ2n) is 4.14. The monoisotopic (exact) mass is 293 g/mol. The molecule has 4 N–H and O–H groups in total. The molecule has 0 saturated heterocycles. The van der Waals surface area contributed by atoms with Crippen LogP contribution in [0.2, 0.25) is 0 Å². The number of benzene rings is 2. The molecule has 21 heavy (non-hydrogen) atoms. The summed E-state index contributed by atoms with van der Waals surface area (Å²) in [6.07, 6.45) is -1.41. The molecule has 2 aromatic carbocycles. The van der Waals surface area contributed by atoms with Crippen LogP contribution in [0.15, 0.2) is 42.5 Å². The minimum absolute atomic E-state index is 0.365. The standard InChI is InChI=1S/C12H11NO2.C3H8O3/c1-13-12(14)15-11-8-4-6-9-5-2-3-7-10(9)11;4-1-3(6)2-5/h2-8H,1H3,(H,13,14);3-6H,1-2H2. The van der Waals surface area contributed by atoms with E-state index in [-0.39, 0.29) is 13.2 Å². The number of fused-ring (bicyclic) bond motifs is 1. The Morgan fingerprint density at radius 3 is 2.33 bits per heavy atom. The van der Waals surface area contributed by atoms with Crippen LogP contribution in [0.3, 0.4) is 0 Å². The second-order valence-corrected chi connectivity index (χ2v) is 4.14. The van der Waals surface area contributed by atoms with Crippen molar-refractivity contribution in [3.05, 3.63) is 42.5 Å². The molecular weight excluding hydrogens is 274 g/mol. The van der Waals surface area contributed by atoms with Crippen LogP contribution in [0.25, 0.3) is 10.8 Å². The Kier molecular flexibility index (Phi) is 7.17. The third-order valence-electron chi connectivity index (χ3n) is 2.58. The van der Waals surface area contributed by atoms with E-state index in [4.69, 9.17) is 20.1 Å². The molecule has 0 aliphatic rings. The summed E-state index contributed by atoms with van der Waals surface area (Å²) in [4.78, 5) is 11.1. The van der Waals surface area contributed by atoms with Gasteiger partial charge in [0.25, 0.3) is 0 Å². The van der Waals surface area contributed by atoms with Crippen molar-refractivity contribution in [2.75, 3.05) is 20.3 Å². The molecule has 0 fully saturated rings. The number of hydrogen-bond donors (Lipinski definition) is 4. The van der Waals surface area contributed by atoms with E-state index in [0.29, 0.717) is 5.75 Å².